The maximum atomic E-state index is 5.68. The number of aryl methyl sites for hydroxylation is 3. The molecule has 0 atom stereocenters. The van der Waals surface area contributed by atoms with Crippen molar-refractivity contribution in [1.82, 2.24) is 0 Å². The second-order valence-electron chi connectivity index (χ2n) is 7.44. The van der Waals surface area contributed by atoms with E-state index in [9.17, 15) is 0 Å². The lowest BCUT2D eigenvalue weighted by Gasteiger charge is -2.37. The predicted molar refractivity (Wildman–Crippen MR) is 122 cm³/mol. The van der Waals surface area contributed by atoms with Gasteiger partial charge in [-0.25, -0.2) is 0 Å². The Morgan fingerprint density at radius 2 is 1.67 bits per heavy atom. The fourth-order valence-electron chi connectivity index (χ4n) is 4.32. The van der Waals surface area contributed by atoms with Gasteiger partial charge in [-0.2, -0.15) is 0 Å². The van der Waals surface area contributed by atoms with E-state index in [1.54, 1.807) is 0 Å². The first-order chi connectivity index (χ1) is 13.1. The van der Waals surface area contributed by atoms with Gasteiger partial charge in [0.15, 0.2) is 0 Å². The Labute approximate surface area is 173 Å². The molecule has 2 aromatic rings. The molecule has 0 N–H and O–H groups in total. The minimum absolute atomic E-state index is 0.659. The number of nitrogens with zero attached hydrogens (tertiary/aromatic N) is 1. The molecule has 0 aromatic heterocycles. The molecule has 4 heteroatoms. The number of hydrogen-bond acceptors (Lipinski definition) is 4. The largest absolute Gasteiger partial charge is 0.494 e. The Kier molecular flexibility index (Phi) is 5.47. The van der Waals surface area contributed by atoms with Gasteiger partial charge >= 0.3 is 0 Å². The van der Waals surface area contributed by atoms with E-state index in [-0.39, 0.29) is 0 Å². The van der Waals surface area contributed by atoms with Crippen molar-refractivity contribution in [3.8, 4) is 5.75 Å². The van der Waals surface area contributed by atoms with Crippen LogP contribution in [0.5, 0.6) is 5.75 Å². The monoisotopic (exact) mass is 397 g/mol. The van der Waals surface area contributed by atoms with E-state index in [1.165, 1.54) is 53.9 Å². The maximum Gasteiger partial charge on any atom is 0.119 e. The zero-order valence-electron chi connectivity index (χ0n) is 16.1. The van der Waals surface area contributed by atoms with Crippen molar-refractivity contribution in [1.29, 1.82) is 0 Å². The van der Waals surface area contributed by atoms with Crippen LogP contribution in [0.3, 0.4) is 0 Å². The van der Waals surface area contributed by atoms with Gasteiger partial charge in [-0.1, -0.05) is 6.07 Å². The molecule has 27 heavy (non-hydrogen) atoms. The first kappa shape index (κ1) is 18.8. The molecule has 0 spiro atoms. The van der Waals surface area contributed by atoms with Crippen LogP contribution in [0.25, 0.3) is 9.81 Å². The topological polar surface area (TPSA) is 12.5 Å². The lowest BCUT2D eigenvalue weighted by molar-refractivity contribution is 0.340. The van der Waals surface area contributed by atoms with Crippen molar-refractivity contribution in [3.63, 3.8) is 0 Å². The summed E-state index contributed by atoms with van der Waals surface area (Å²) in [5.74, 6) is 0.877. The fourth-order valence-corrected chi connectivity index (χ4v) is 4.94. The quantitative estimate of drug-likeness (QED) is 0.501. The molecule has 0 amide bonds. The number of thiol groups is 2. The first-order valence-electron chi connectivity index (χ1n) is 9.85. The molecular weight excluding hydrogens is 370 g/mol. The summed E-state index contributed by atoms with van der Waals surface area (Å²) in [6.45, 7) is 7.17. The Balaban J connectivity index is 1.78. The molecular formula is C23H27NOS2. The SMILES string of the molecule is CCOc1ccc(C)c(/C(S)=C(/S)c2cc3c4c(c2)CCCN4CCC3)c1. The molecule has 2 aromatic carbocycles. The van der Waals surface area contributed by atoms with Crippen LogP contribution < -0.4 is 9.64 Å². The normalized spacial score (nSPS) is 16.7. The summed E-state index contributed by atoms with van der Waals surface area (Å²) in [5, 5.41) is 0. The van der Waals surface area contributed by atoms with Crippen molar-refractivity contribution in [2.75, 3.05) is 24.6 Å². The maximum absolute atomic E-state index is 5.68. The molecule has 0 saturated heterocycles. The van der Waals surface area contributed by atoms with Crippen LogP contribution in [0.2, 0.25) is 0 Å². The second kappa shape index (κ2) is 7.84. The Bertz CT molecular complexity index is 872. The number of ether oxygens (including phenoxy) is 1. The molecule has 4 rings (SSSR count). The van der Waals surface area contributed by atoms with E-state index in [1.807, 2.05) is 13.0 Å². The van der Waals surface area contributed by atoms with E-state index in [2.05, 4.69) is 36.1 Å². The summed E-state index contributed by atoms with van der Waals surface area (Å²) in [6.07, 6.45) is 4.80. The van der Waals surface area contributed by atoms with Crippen LogP contribution in [-0.2, 0) is 12.8 Å². The molecule has 0 saturated carbocycles. The third-order valence-electron chi connectivity index (χ3n) is 5.61. The molecule has 0 radical (unpaired) electrons. The molecule has 0 unspecified atom stereocenters. The zero-order valence-corrected chi connectivity index (χ0v) is 17.9. The standard InChI is InChI=1S/C23H27NOS2/c1-3-25-19-9-8-15(2)20(14-19)23(27)22(26)18-12-16-6-4-10-24-11-5-7-17(13-18)21(16)24/h8-9,12-14,26-27H,3-7,10-11H2,1-2H3/b23-22-. The van der Waals surface area contributed by atoms with Gasteiger partial charge in [0.2, 0.25) is 0 Å². The van der Waals surface area contributed by atoms with Gasteiger partial charge in [-0.15, -0.1) is 25.3 Å². The summed E-state index contributed by atoms with van der Waals surface area (Å²) >= 11 is 9.77. The van der Waals surface area contributed by atoms with E-state index in [0.717, 1.165) is 34.0 Å². The van der Waals surface area contributed by atoms with Crippen LogP contribution >= 0.6 is 25.3 Å². The van der Waals surface area contributed by atoms with Gasteiger partial charge in [0.05, 0.1) is 6.61 Å². The molecule has 2 nitrogen and oxygen atoms in total. The second-order valence-corrected chi connectivity index (χ2v) is 8.34. The average Bonchev–Trinajstić information content (AvgIpc) is 2.69. The van der Waals surface area contributed by atoms with E-state index in [0.29, 0.717) is 6.61 Å². The third kappa shape index (κ3) is 3.62. The number of benzene rings is 2. The van der Waals surface area contributed by atoms with Crippen LogP contribution in [0, 0.1) is 6.92 Å². The highest BCUT2D eigenvalue weighted by Gasteiger charge is 2.24. The molecule has 0 fully saturated rings. The molecule has 2 aliphatic rings. The summed E-state index contributed by atoms with van der Waals surface area (Å²) in [4.78, 5) is 4.42. The van der Waals surface area contributed by atoms with Crippen molar-refractivity contribution >= 4 is 40.8 Å². The zero-order chi connectivity index (χ0) is 19.0. The van der Waals surface area contributed by atoms with Crippen molar-refractivity contribution in [3.05, 3.63) is 58.1 Å². The predicted octanol–water partition coefficient (Wildman–Crippen LogP) is 5.78. The van der Waals surface area contributed by atoms with E-state index < -0.39 is 0 Å². The van der Waals surface area contributed by atoms with Crippen LogP contribution in [-0.4, -0.2) is 19.7 Å². The summed E-state index contributed by atoms with van der Waals surface area (Å²) in [7, 11) is 0. The average molecular weight is 398 g/mol. The summed E-state index contributed by atoms with van der Waals surface area (Å²) < 4.78 is 5.68. The lowest BCUT2D eigenvalue weighted by atomic mass is 9.90. The molecule has 2 heterocycles. The Morgan fingerprint density at radius 1 is 1.00 bits per heavy atom. The van der Waals surface area contributed by atoms with Gasteiger partial charge in [0.1, 0.15) is 5.75 Å². The van der Waals surface area contributed by atoms with Crippen LogP contribution in [0.1, 0.15) is 47.6 Å². The first-order valence-corrected chi connectivity index (χ1v) is 10.7. The van der Waals surface area contributed by atoms with Crippen molar-refractivity contribution in [2.45, 2.75) is 39.5 Å². The molecule has 0 bridgehead atoms. The van der Waals surface area contributed by atoms with Crippen LogP contribution in [0.4, 0.5) is 5.69 Å². The van der Waals surface area contributed by atoms with Crippen molar-refractivity contribution in [2.24, 2.45) is 0 Å². The Morgan fingerprint density at radius 3 is 2.30 bits per heavy atom. The highest BCUT2D eigenvalue weighted by Crippen LogP contribution is 2.41. The number of hydrogen-bond donors (Lipinski definition) is 2. The minimum Gasteiger partial charge on any atom is -0.494 e. The number of rotatable bonds is 4. The van der Waals surface area contributed by atoms with E-state index >= 15 is 0 Å². The smallest absolute Gasteiger partial charge is 0.119 e. The highest BCUT2D eigenvalue weighted by molar-refractivity contribution is 7.96. The lowest BCUT2D eigenvalue weighted by Crippen LogP contribution is -2.34. The minimum atomic E-state index is 0.659. The molecule has 0 aliphatic carbocycles. The number of anilines is 1. The van der Waals surface area contributed by atoms with Crippen LogP contribution in [0.15, 0.2) is 30.3 Å². The third-order valence-corrected chi connectivity index (χ3v) is 6.73. The van der Waals surface area contributed by atoms with Crippen molar-refractivity contribution < 1.29 is 4.74 Å². The van der Waals surface area contributed by atoms with E-state index in [4.69, 9.17) is 30.0 Å². The van der Waals surface area contributed by atoms with Gasteiger partial charge in [0, 0.05) is 28.6 Å². The van der Waals surface area contributed by atoms with Gasteiger partial charge in [-0.05, 0) is 91.6 Å². The fraction of sp³-hybridized carbons (Fsp3) is 0.391. The highest BCUT2D eigenvalue weighted by atomic mass is 32.1. The molecule has 142 valence electrons. The summed E-state index contributed by atoms with van der Waals surface area (Å²) in [5.41, 5.74) is 7.89. The summed E-state index contributed by atoms with van der Waals surface area (Å²) in [6, 6.07) is 10.8. The molecule has 2 aliphatic heterocycles. The van der Waals surface area contributed by atoms with Gasteiger partial charge in [0.25, 0.3) is 0 Å². The van der Waals surface area contributed by atoms with Gasteiger partial charge in [-0.3, -0.25) is 0 Å². The van der Waals surface area contributed by atoms with Gasteiger partial charge < -0.3 is 9.64 Å². The Hall–Kier alpha value is -1.52.